The molecule has 0 unspecified atom stereocenters. The summed E-state index contributed by atoms with van der Waals surface area (Å²) in [7, 11) is 0. The Morgan fingerprint density at radius 1 is 0.439 bits per heavy atom. The third-order valence-corrected chi connectivity index (χ3v) is 15.6. The molecule has 0 N–H and O–H groups in total. The summed E-state index contributed by atoms with van der Waals surface area (Å²) < 4.78 is 7.52. The molecule has 0 spiro atoms. The second-order valence-electron chi connectivity index (χ2n) is 25.5. The van der Waals surface area contributed by atoms with Crippen molar-refractivity contribution in [3.05, 3.63) is 149 Å². The van der Waals surface area contributed by atoms with E-state index in [9.17, 15) is 0 Å². The van der Waals surface area contributed by atoms with E-state index in [2.05, 4.69) is 236 Å². The minimum atomic E-state index is -0.0752. The third kappa shape index (κ3) is 7.15. The Balaban J connectivity index is 1.35. The fourth-order valence-corrected chi connectivity index (χ4v) is 11.1. The average molecular weight is 871 g/mol. The molecule has 338 valence electrons. The molecule has 3 heterocycles. The summed E-state index contributed by atoms with van der Waals surface area (Å²) in [5.74, 6) is 0.922. The predicted octanol–water partition coefficient (Wildman–Crippen LogP) is 15.7. The first-order valence-corrected chi connectivity index (χ1v) is 24.6. The molecule has 1 aromatic heterocycles. The second-order valence-corrected chi connectivity index (χ2v) is 25.5. The Kier molecular flexibility index (Phi) is 9.76. The zero-order valence-electron chi connectivity index (χ0n) is 42.8. The van der Waals surface area contributed by atoms with Gasteiger partial charge in [-0.3, -0.25) is 4.90 Å². The van der Waals surface area contributed by atoms with Crippen LogP contribution in [0.1, 0.15) is 157 Å². The summed E-state index contributed by atoms with van der Waals surface area (Å²) in [5, 5.41) is 1.23. The summed E-state index contributed by atoms with van der Waals surface area (Å²) in [4.78, 5) is 5.04. The van der Waals surface area contributed by atoms with Gasteiger partial charge < -0.3 is 9.32 Å². The molecule has 0 saturated heterocycles. The molecule has 0 amide bonds. The summed E-state index contributed by atoms with van der Waals surface area (Å²) in [6.45, 7) is 37.4. The van der Waals surface area contributed by atoms with E-state index in [0.29, 0.717) is 0 Å². The molecule has 3 nitrogen and oxygen atoms in total. The standard InChI is InChI=1S/C62H71BN2O/c1-57(2,3)40-19-17-38(18-20-40)39-33-51-55-52(34-39)65(45-28-23-42(24-29-45)59(7,8)9)56-54(46-36-47-48(37-53(46)66-56)62(15,16)32-31-61(47,13)14)63(55)49-35-43(60(10,11)12)25-30-50(49)64(51)44-26-21-41(22-27-44)58(4,5)6/h17-30,33-37H,31-32H2,1-16H3. The van der Waals surface area contributed by atoms with Crippen LogP contribution in [0.2, 0.25) is 0 Å². The number of anilines is 6. The monoisotopic (exact) mass is 871 g/mol. The van der Waals surface area contributed by atoms with E-state index in [1.165, 1.54) is 77.7 Å². The normalized spacial score (nSPS) is 16.5. The van der Waals surface area contributed by atoms with Gasteiger partial charge in [0.2, 0.25) is 5.88 Å². The SMILES string of the molecule is CC(C)(C)c1ccc(-c2cc3c4c(c2)N(c2ccc(C(C)(C)C)cc2)c2oc5cc6c(cc5c2B4c2cc(C(C)(C)C)ccc2N3c2ccc(C(C)(C)C)cc2)C(C)(C)CCC6(C)C)cc1. The van der Waals surface area contributed by atoms with Gasteiger partial charge in [-0.2, -0.15) is 0 Å². The highest BCUT2D eigenvalue weighted by Crippen LogP contribution is 2.51. The molecular formula is C62H71BN2O. The number of rotatable bonds is 3. The summed E-state index contributed by atoms with van der Waals surface area (Å²) in [6.07, 6.45) is 2.30. The van der Waals surface area contributed by atoms with Gasteiger partial charge >= 0.3 is 0 Å². The molecule has 4 heteroatoms. The fraction of sp³-hybridized carbons (Fsp3) is 0.387. The van der Waals surface area contributed by atoms with Gasteiger partial charge in [0.25, 0.3) is 6.71 Å². The van der Waals surface area contributed by atoms with E-state index in [1.807, 2.05) is 0 Å². The van der Waals surface area contributed by atoms with Crippen molar-refractivity contribution in [3.8, 4) is 11.1 Å². The molecule has 0 atom stereocenters. The first kappa shape index (κ1) is 44.4. The van der Waals surface area contributed by atoms with Crippen molar-refractivity contribution in [2.75, 3.05) is 9.80 Å². The lowest BCUT2D eigenvalue weighted by molar-refractivity contribution is 0.332. The van der Waals surface area contributed by atoms with Crippen LogP contribution in [0, 0.1) is 0 Å². The van der Waals surface area contributed by atoms with Crippen LogP contribution >= 0.6 is 0 Å². The zero-order chi connectivity index (χ0) is 47.3. The molecule has 0 radical (unpaired) electrons. The molecule has 6 aromatic carbocycles. The van der Waals surface area contributed by atoms with E-state index >= 15 is 0 Å². The van der Waals surface area contributed by atoms with Crippen LogP contribution in [0.15, 0.2) is 120 Å². The lowest BCUT2D eigenvalue weighted by atomic mass is 9.33. The molecule has 66 heavy (non-hydrogen) atoms. The van der Waals surface area contributed by atoms with E-state index in [4.69, 9.17) is 4.42 Å². The van der Waals surface area contributed by atoms with Gasteiger partial charge in [0, 0.05) is 39.3 Å². The van der Waals surface area contributed by atoms with Crippen molar-refractivity contribution in [2.45, 2.75) is 156 Å². The number of benzene rings is 6. The van der Waals surface area contributed by atoms with Crippen molar-refractivity contribution in [1.82, 2.24) is 0 Å². The van der Waals surface area contributed by atoms with Gasteiger partial charge in [-0.15, -0.1) is 0 Å². The minimum absolute atomic E-state index is 0.0184. The fourth-order valence-electron chi connectivity index (χ4n) is 11.1. The maximum Gasteiger partial charge on any atom is 0.257 e. The van der Waals surface area contributed by atoms with E-state index in [0.717, 1.165) is 41.4 Å². The highest BCUT2D eigenvalue weighted by molar-refractivity contribution is 7.01. The highest BCUT2D eigenvalue weighted by atomic mass is 16.4. The van der Waals surface area contributed by atoms with Crippen molar-refractivity contribution in [3.63, 3.8) is 0 Å². The van der Waals surface area contributed by atoms with Crippen LogP contribution in [0.4, 0.5) is 34.3 Å². The second kappa shape index (κ2) is 14.5. The summed E-state index contributed by atoms with van der Waals surface area (Å²) in [6, 6.07) is 45.2. The Morgan fingerprint density at radius 3 is 1.38 bits per heavy atom. The Morgan fingerprint density at radius 2 is 0.879 bits per heavy atom. The maximum atomic E-state index is 7.52. The van der Waals surface area contributed by atoms with Crippen molar-refractivity contribution < 1.29 is 4.42 Å². The van der Waals surface area contributed by atoms with Crippen LogP contribution in [-0.2, 0) is 32.5 Å². The van der Waals surface area contributed by atoms with Crippen LogP contribution in [-0.4, -0.2) is 6.71 Å². The Hall–Kier alpha value is -5.48. The minimum Gasteiger partial charge on any atom is -0.440 e. The first-order valence-electron chi connectivity index (χ1n) is 24.6. The average Bonchev–Trinajstić information content (AvgIpc) is 3.61. The molecule has 0 fully saturated rings. The zero-order valence-corrected chi connectivity index (χ0v) is 42.8. The summed E-state index contributed by atoms with van der Waals surface area (Å²) >= 11 is 0. The highest BCUT2D eigenvalue weighted by Gasteiger charge is 2.48. The van der Waals surface area contributed by atoms with Gasteiger partial charge in [0.1, 0.15) is 5.58 Å². The van der Waals surface area contributed by atoms with Crippen molar-refractivity contribution >= 4 is 68.4 Å². The van der Waals surface area contributed by atoms with E-state index in [1.54, 1.807) is 0 Å². The maximum absolute atomic E-state index is 7.52. The smallest absolute Gasteiger partial charge is 0.257 e. The Labute approximate surface area is 396 Å². The van der Waals surface area contributed by atoms with Gasteiger partial charge in [0.05, 0.1) is 0 Å². The molecule has 10 rings (SSSR count). The molecule has 0 bridgehead atoms. The lowest BCUT2D eigenvalue weighted by Gasteiger charge is -2.43. The van der Waals surface area contributed by atoms with Crippen LogP contribution in [0.5, 0.6) is 0 Å². The van der Waals surface area contributed by atoms with Gasteiger partial charge in [-0.1, -0.05) is 171 Å². The number of fused-ring (bicyclic) bond motifs is 7. The largest absolute Gasteiger partial charge is 0.440 e. The molecule has 1 aliphatic carbocycles. The van der Waals surface area contributed by atoms with Crippen LogP contribution < -0.4 is 26.2 Å². The third-order valence-electron chi connectivity index (χ3n) is 15.6. The molecule has 0 saturated carbocycles. The first-order chi connectivity index (χ1) is 30.7. The quantitative estimate of drug-likeness (QED) is 0.165. The molecule has 7 aromatic rings. The Bertz CT molecular complexity index is 3040. The molecule has 3 aliphatic rings. The van der Waals surface area contributed by atoms with Crippen molar-refractivity contribution in [2.24, 2.45) is 0 Å². The van der Waals surface area contributed by atoms with E-state index < -0.39 is 0 Å². The predicted molar refractivity (Wildman–Crippen MR) is 286 cm³/mol. The van der Waals surface area contributed by atoms with Gasteiger partial charge in [-0.05, 0) is 155 Å². The van der Waals surface area contributed by atoms with Gasteiger partial charge in [0.15, 0.2) is 0 Å². The topological polar surface area (TPSA) is 19.6 Å². The van der Waals surface area contributed by atoms with Crippen molar-refractivity contribution in [1.29, 1.82) is 0 Å². The number of nitrogens with zero attached hydrogens (tertiary/aromatic N) is 2. The lowest BCUT2D eigenvalue weighted by Crippen LogP contribution is -2.61. The van der Waals surface area contributed by atoms with Crippen LogP contribution in [0.25, 0.3) is 22.1 Å². The number of furan rings is 1. The number of hydrogen-bond acceptors (Lipinski definition) is 3. The van der Waals surface area contributed by atoms with E-state index in [-0.39, 0.29) is 39.2 Å². The van der Waals surface area contributed by atoms with Gasteiger partial charge in [-0.25, -0.2) is 0 Å². The van der Waals surface area contributed by atoms with Crippen LogP contribution in [0.3, 0.4) is 0 Å². The summed E-state index contributed by atoms with van der Waals surface area (Å²) in [5.41, 5.74) is 21.4. The molecule has 2 aliphatic heterocycles. The number of hydrogen-bond donors (Lipinski definition) is 0. The molecular weight excluding hydrogens is 800 g/mol.